The smallest absolute Gasteiger partial charge is 0.277 e. The van der Waals surface area contributed by atoms with E-state index >= 15 is 0 Å². The van der Waals surface area contributed by atoms with E-state index in [-0.39, 0.29) is 27.5 Å². The average molecular weight is 462 g/mol. The zero-order valence-electron chi connectivity index (χ0n) is 17.4. The summed E-state index contributed by atoms with van der Waals surface area (Å²) in [6.07, 6.45) is 0. The molecule has 0 saturated heterocycles. The summed E-state index contributed by atoms with van der Waals surface area (Å²) < 4.78 is 37.3. The van der Waals surface area contributed by atoms with Crippen molar-refractivity contribution in [3.8, 4) is 17.2 Å². The highest BCUT2D eigenvalue weighted by Gasteiger charge is 2.22. The number of Topliss-reactive ketones (excluding diaryl/α,β-unsaturated/α-hetero) is 1. The Balaban J connectivity index is 1.67. The summed E-state index contributed by atoms with van der Waals surface area (Å²) in [6.45, 7) is 4.40. The van der Waals surface area contributed by atoms with Gasteiger partial charge in [-0.05, 0) is 36.4 Å². The van der Waals surface area contributed by atoms with Crippen molar-refractivity contribution in [2.45, 2.75) is 24.0 Å². The number of carbonyl (C=O) groups is 1. The number of hydrogen-bond donors (Lipinski definition) is 0. The fraction of sp³-hybridized carbons (Fsp3) is 0.286. The summed E-state index contributed by atoms with van der Waals surface area (Å²) in [5.41, 5.74) is 1.13. The fourth-order valence-electron chi connectivity index (χ4n) is 2.87. The van der Waals surface area contributed by atoms with E-state index in [1.165, 1.54) is 16.4 Å². The maximum absolute atomic E-state index is 12.6. The van der Waals surface area contributed by atoms with Crippen molar-refractivity contribution in [1.82, 2.24) is 14.5 Å². The van der Waals surface area contributed by atoms with E-state index < -0.39 is 10.0 Å². The van der Waals surface area contributed by atoms with Gasteiger partial charge in [-0.25, -0.2) is 8.42 Å². The lowest BCUT2D eigenvalue weighted by atomic mass is 10.1. The lowest BCUT2D eigenvalue weighted by molar-refractivity contribution is 0.102. The van der Waals surface area contributed by atoms with Crippen LogP contribution in [-0.4, -0.2) is 54.7 Å². The summed E-state index contributed by atoms with van der Waals surface area (Å²) in [6, 6.07) is 13.2. The van der Waals surface area contributed by atoms with Gasteiger partial charge in [-0.1, -0.05) is 37.7 Å². The first-order valence-corrected chi connectivity index (χ1v) is 12.1. The van der Waals surface area contributed by atoms with Crippen LogP contribution in [0.3, 0.4) is 0 Å². The zero-order valence-corrected chi connectivity index (χ0v) is 19.1. The number of ether oxygens (including phenoxy) is 1. The molecule has 0 radical (unpaired) electrons. The molecule has 0 bridgehead atoms. The summed E-state index contributed by atoms with van der Waals surface area (Å²) in [5.74, 6) is 0.913. The van der Waals surface area contributed by atoms with Crippen LogP contribution in [0.1, 0.15) is 24.2 Å². The van der Waals surface area contributed by atoms with Gasteiger partial charge in [0.1, 0.15) is 5.75 Å². The minimum atomic E-state index is -3.53. The maximum Gasteiger partial charge on any atom is 0.277 e. The number of carbonyl (C=O) groups excluding carboxylic acids is 1. The molecular weight excluding hydrogens is 438 g/mol. The minimum absolute atomic E-state index is 0.0883. The van der Waals surface area contributed by atoms with Gasteiger partial charge in [-0.2, -0.15) is 4.31 Å². The number of rotatable bonds is 10. The molecular formula is C21H23N3O5S2. The molecule has 0 N–H and O–H groups in total. The summed E-state index contributed by atoms with van der Waals surface area (Å²) >= 11 is 1.14. The summed E-state index contributed by atoms with van der Waals surface area (Å²) in [5, 5.41) is 8.21. The van der Waals surface area contributed by atoms with Gasteiger partial charge in [-0.15, -0.1) is 10.2 Å². The van der Waals surface area contributed by atoms with Gasteiger partial charge in [0.2, 0.25) is 15.9 Å². The van der Waals surface area contributed by atoms with Crippen LogP contribution in [-0.2, 0) is 10.0 Å². The van der Waals surface area contributed by atoms with Crippen LogP contribution in [0.2, 0.25) is 0 Å². The summed E-state index contributed by atoms with van der Waals surface area (Å²) in [7, 11) is -1.98. The lowest BCUT2D eigenvalue weighted by Gasteiger charge is -2.18. The lowest BCUT2D eigenvalue weighted by Crippen LogP contribution is -2.30. The molecule has 0 unspecified atom stereocenters. The highest BCUT2D eigenvalue weighted by atomic mass is 32.2. The van der Waals surface area contributed by atoms with Crippen LogP contribution in [0.5, 0.6) is 5.75 Å². The van der Waals surface area contributed by atoms with E-state index in [0.717, 1.165) is 11.8 Å². The molecule has 0 aliphatic carbocycles. The third kappa shape index (κ3) is 5.33. The van der Waals surface area contributed by atoms with Crippen molar-refractivity contribution < 1.29 is 22.4 Å². The predicted molar refractivity (Wildman–Crippen MR) is 118 cm³/mol. The first-order chi connectivity index (χ1) is 14.9. The largest absolute Gasteiger partial charge is 0.497 e. The van der Waals surface area contributed by atoms with E-state index in [9.17, 15) is 13.2 Å². The van der Waals surface area contributed by atoms with Gasteiger partial charge in [0.25, 0.3) is 5.22 Å². The van der Waals surface area contributed by atoms with Crippen molar-refractivity contribution >= 4 is 27.6 Å². The SMILES string of the molecule is CCN(CC)S(=O)(=O)c1ccc(-c2nnc(SCC(=O)c3cccc(OC)c3)o2)cc1. The van der Waals surface area contributed by atoms with Gasteiger partial charge in [0, 0.05) is 24.2 Å². The Hall–Kier alpha value is -2.69. The third-order valence-corrected chi connectivity index (χ3v) is 7.45. The molecule has 0 amide bonds. The van der Waals surface area contributed by atoms with E-state index in [4.69, 9.17) is 9.15 Å². The maximum atomic E-state index is 12.6. The highest BCUT2D eigenvalue weighted by Crippen LogP contribution is 2.26. The monoisotopic (exact) mass is 461 g/mol. The summed E-state index contributed by atoms with van der Waals surface area (Å²) in [4.78, 5) is 12.6. The van der Waals surface area contributed by atoms with Crippen molar-refractivity contribution in [3.63, 3.8) is 0 Å². The average Bonchev–Trinajstić information content (AvgIpc) is 3.27. The number of methoxy groups -OCH3 is 1. The molecule has 10 heteroatoms. The first-order valence-electron chi connectivity index (χ1n) is 9.63. The topological polar surface area (TPSA) is 103 Å². The van der Waals surface area contributed by atoms with Crippen LogP contribution >= 0.6 is 11.8 Å². The van der Waals surface area contributed by atoms with Gasteiger partial charge >= 0.3 is 0 Å². The Kier molecular flexibility index (Phi) is 7.47. The number of hydrogen-bond acceptors (Lipinski definition) is 8. The molecule has 2 aromatic carbocycles. The molecule has 3 aromatic rings. The number of ketones is 1. The standard InChI is InChI=1S/C21H23N3O5S2/c1-4-24(5-2)31(26,27)18-11-9-15(10-12-18)20-22-23-21(29-20)30-14-19(25)16-7-6-8-17(13-16)28-3/h6-13H,4-5,14H2,1-3H3. The number of benzene rings is 2. The molecule has 0 fully saturated rings. The van der Waals surface area contributed by atoms with Gasteiger partial charge in [0.05, 0.1) is 17.8 Å². The Morgan fingerprint density at radius 2 is 1.81 bits per heavy atom. The number of sulfonamides is 1. The molecule has 1 heterocycles. The molecule has 0 aliphatic heterocycles. The molecule has 1 aromatic heterocycles. The van der Waals surface area contributed by atoms with E-state index in [1.807, 2.05) is 0 Å². The number of thioether (sulfide) groups is 1. The molecule has 0 saturated carbocycles. The Morgan fingerprint density at radius 1 is 1.10 bits per heavy atom. The van der Waals surface area contributed by atoms with Crippen molar-refractivity contribution in [2.24, 2.45) is 0 Å². The first kappa shape index (κ1) is 23.0. The molecule has 8 nitrogen and oxygen atoms in total. The number of nitrogens with zero attached hydrogens (tertiary/aromatic N) is 3. The normalized spacial score (nSPS) is 11.6. The highest BCUT2D eigenvalue weighted by molar-refractivity contribution is 7.99. The van der Waals surface area contributed by atoms with E-state index in [2.05, 4.69) is 10.2 Å². The van der Waals surface area contributed by atoms with Gasteiger partial charge < -0.3 is 9.15 Å². The quantitative estimate of drug-likeness (QED) is 0.332. The molecule has 0 atom stereocenters. The van der Waals surface area contributed by atoms with Crippen LogP contribution in [0, 0.1) is 0 Å². The molecule has 3 rings (SSSR count). The van der Waals surface area contributed by atoms with Gasteiger partial charge in [0.15, 0.2) is 5.78 Å². The molecule has 0 aliphatic rings. The Morgan fingerprint density at radius 3 is 2.45 bits per heavy atom. The Labute approximate surface area is 185 Å². The van der Waals surface area contributed by atoms with E-state index in [0.29, 0.717) is 30.0 Å². The molecule has 31 heavy (non-hydrogen) atoms. The third-order valence-electron chi connectivity index (χ3n) is 4.57. The molecule has 0 spiro atoms. The second-order valence-electron chi connectivity index (χ2n) is 6.43. The van der Waals surface area contributed by atoms with E-state index in [1.54, 1.807) is 57.4 Å². The second-order valence-corrected chi connectivity index (χ2v) is 9.30. The Bertz CT molecular complexity index is 1140. The molecule has 164 valence electrons. The van der Waals surface area contributed by atoms with Crippen molar-refractivity contribution in [1.29, 1.82) is 0 Å². The van der Waals surface area contributed by atoms with Crippen molar-refractivity contribution in [3.05, 3.63) is 54.1 Å². The fourth-order valence-corrected chi connectivity index (χ4v) is 4.99. The van der Waals surface area contributed by atoms with Crippen LogP contribution in [0.15, 0.2) is 63.1 Å². The van der Waals surface area contributed by atoms with Crippen LogP contribution in [0.25, 0.3) is 11.5 Å². The van der Waals surface area contributed by atoms with Crippen LogP contribution < -0.4 is 4.74 Å². The zero-order chi connectivity index (χ0) is 22.4. The minimum Gasteiger partial charge on any atom is -0.497 e. The number of aromatic nitrogens is 2. The van der Waals surface area contributed by atoms with Crippen LogP contribution in [0.4, 0.5) is 0 Å². The predicted octanol–water partition coefficient (Wildman–Crippen LogP) is 3.75. The second kappa shape index (κ2) is 10.1. The van der Waals surface area contributed by atoms with Crippen molar-refractivity contribution in [2.75, 3.05) is 26.0 Å². The van der Waals surface area contributed by atoms with Gasteiger partial charge in [-0.3, -0.25) is 4.79 Å².